The second kappa shape index (κ2) is 9.41. The van der Waals surface area contributed by atoms with Crippen molar-refractivity contribution in [2.45, 2.75) is 25.2 Å². The highest BCUT2D eigenvalue weighted by Crippen LogP contribution is 2.36. The van der Waals surface area contributed by atoms with E-state index in [1.165, 1.54) is 6.33 Å². The van der Waals surface area contributed by atoms with Gasteiger partial charge in [0, 0.05) is 31.8 Å². The van der Waals surface area contributed by atoms with Crippen molar-refractivity contribution in [1.29, 1.82) is 0 Å². The summed E-state index contributed by atoms with van der Waals surface area (Å²) in [4.78, 5) is 37.5. The molecule has 1 aromatic heterocycles. The number of nitrogens with one attached hydrogen (secondary N) is 3. The molecular formula is C21H24N6O4. The number of nitrogens with zero attached hydrogens (tertiary/aromatic N) is 3. The van der Waals surface area contributed by atoms with Crippen LogP contribution in [-0.4, -0.2) is 54.8 Å². The first kappa shape index (κ1) is 20.6. The van der Waals surface area contributed by atoms with Gasteiger partial charge < -0.3 is 25.4 Å². The monoisotopic (exact) mass is 424 g/mol. The maximum absolute atomic E-state index is 12.5. The zero-order valence-electron chi connectivity index (χ0n) is 17.2. The Balaban J connectivity index is 1.65. The number of rotatable bonds is 1. The van der Waals surface area contributed by atoms with Gasteiger partial charge in [0.1, 0.15) is 23.9 Å². The van der Waals surface area contributed by atoms with E-state index in [0.29, 0.717) is 73.3 Å². The van der Waals surface area contributed by atoms with Crippen LogP contribution in [0.15, 0.2) is 29.5 Å². The van der Waals surface area contributed by atoms with Crippen LogP contribution in [0.2, 0.25) is 0 Å². The second-order valence-electron chi connectivity index (χ2n) is 7.15. The van der Waals surface area contributed by atoms with E-state index in [0.717, 1.165) is 0 Å². The lowest BCUT2D eigenvalue weighted by atomic mass is 10.0. The van der Waals surface area contributed by atoms with Crippen LogP contribution in [0.4, 0.5) is 17.3 Å². The van der Waals surface area contributed by atoms with Crippen LogP contribution >= 0.6 is 0 Å². The summed E-state index contributed by atoms with van der Waals surface area (Å²) in [6, 6.07) is 5.28. The Morgan fingerprint density at radius 1 is 1.10 bits per heavy atom. The van der Waals surface area contributed by atoms with Gasteiger partial charge >= 0.3 is 0 Å². The van der Waals surface area contributed by atoms with Gasteiger partial charge in [0.25, 0.3) is 0 Å². The Bertz CT molecular complexity index is 1010. The molecule has 10 nitrogen and oxygen atoms in total. The van der Waals surface area contributed by atoms with Crippen LogP contribution in [-0.2, 0) is 9.59 Å². The first-order chi connectivity index (χ1) is 15.2. The van der Waals surface area contributed by atoms with Gasteiger partial charge in [-0.25, -0.2) is 9.97 Å². The molecule has 3 heterocycles. The molecule has 0 fully saturated rings. The number of carbonyl (C=O) groups excluding carboxylic acids is 2. The Kier molecular flexibility index (Phi) is 6.25. The molecule has 2 amide bonds. The number of hydrogen-bond acceptors (Lipinski definition) is 8. The minimum atomic E-state index is -0.622. The zero-order chi connectivity index (χ0) is 21.6. The van der Waals surface area contributed by atoms with Crippen molar-refractivity contribution >= 4 is 35.4 Å². The third kappa shape index (κ3) is 4.73. The normalized spacial score (nSPS) is 19.1. The fraction of sp³-hybridized carbons (Fsp3) is 0.381. The maximum atomic E-state index is 12.5. The Labute approximate surface area is 179 Å². The highest BCUT2D eigenvalue weighted by atomic mass is 16.5. The zero-order valence-corrected chi connectivity index (χ0v) is 17.2. The van der Waals surface area contributed by atoms with E-state index < -0.39 is 5.92 Å². The predicted molar refractivity (Wildman–Crippen MR) is 115 cm³/mol. The molecule has 2 aliphatic rings. The van der Waals surface area contributed by atoms with Gasteiger partial charge in [0.05, 0.1) is 25.0 Å². The van der Waals surface area contributed by atoms with Gasteiger partial charge in [-0.1, -0.05) is 0 Å². The average molecular weight is 424 g/mol. The number of ether oxygens (including phenoxy) is 2. The van der Waals surface area contributed by atoms with Crippen molar-refractivity contribution in [3.8, 4) is 11.5 Å². The lowest BCUT2D eigenvalue weighted by molar-refractivity contribution is -0.121. The SMILES string of the molecule is COc1ccc2cc1OCCCC(=O)NCCCNc1ncnc3c1C(C=N2)C(=O)N3. The van der Waals surface area contributed by atoms with Crippen molar-refractivity contribution in [2.75, 3.05) is 37.4 Å². The summed E-state index contributed by atoms with van der Waals surface area (Å²) in [6.45, 7) is 1.50. The molecule has 3 N–H and O–H groups in total. The first-order valence-electron chi connectivity index (χ1n) is 10.2. The molecule has 162 valence electrons. The minimum Gasteiger partial charge on any atom is -0.493 e. The average Bonchev–Trinajstić information content (AvgIpc) is 3.10. The topological polar surface area (TPSA) is 127 Å². The van der Waals surface area contributed by atoms with Gasteiger partial charge in [0.15, 0.2) is 11.5 Å². The number of hydrogen-bond donors (Lipinski definition) is 3. The molecule has 31 heavy (non-hydrogen) atoms. The fourth-order valence-corrected chi connectivity index (χ4v) is 3.44. The molecule has 4 rings (SSSR count). The number of methoxy groups -OCH3 is 1. The number of aliphatic imine (C=N–C) groups is 1. The van der Waals surface area contributed by atoms with Crippen LogP contribution in [0.5, 0.6) is 11.5 Å². The molecule has 1 unspecified atom stereocenters. The fourth-order valence-electron chi connectivity index (χ4n) is 3.44. The quantitative estimate of drug-likeness (QED) is 0.639. The van der Waals surface area contributed by atoms with E-state index in [4.69, 9.17) is 9.47 Å². The summed E-state index contributed by atoms with van der Waals surface area (Å²) in [6.07, 6.45) is 4.66. The standard InChI is InChI=1S/C21H24N6O4/c1-30-15-6-5-13-10-16(15)31-9-2-4-17(28)22-7-3-8-23-19-18-14(11-24-13)21(29)27-20(18)26-12-25-19/h5-6,10-12,14H,2-4,7-9H2,1H3,(H,22,28)(H2,23,25,26,27,29). The molecular weight excluding hydrogens is 400 g/mol. The molecule has 0 saturated heterocycles. The molecule has 10 heteroatoms. The van der Waals surface area contributed by atoms with E-state index in [1.54, 1.807) is 31.5 Å². The molecule has 1 aromatic carbocycles. The van der Waals surface area contributed by atoms with Crippen molar-refractivity contribution in [3.05, 3.63) is 30.1 Å². The van der Waals surface area contributed by atoms with Crippen LogP contribution < -0.4 is 25.4 Å². The second-order valence-corrected chi connectivity index (χ2v) is 7.15. The third-order valence-electron chi connectivity index (χ3n) is 5.01. The molecule has 0 radical (unpaired) electrons. The van der Waals surface area contributed by atoms with Gasteiger partial charge in [0.2, 0.25) is 11.8 Å². The van der Waals surface area contributed by atoms with Crippen molar-refractivity contribution < 1.29 is 19.1 Å². The summed E-state index contributed by atoms with van der Waals surface area (Å²) in [5.74, 6) is 1.29. The first-order valence-corrected chi connectivity index (χ1v) is 10.2. The molecule has 0 aliphatic carbocycles. The number of anilines is 2. The van der Waals surface area contributed by atoms with Crippen LogP contribution in [0.25, 0.3) is 0 Å². The number of benzene rings is 1. The third-order valence-corrected chi connectivity index (χ3v) is 5.01. The molecule has 2 aliphatic heterocycles. The van der Waals surface area contributed by atoms with Crippen LogP contribution in [0.3, 0.4) is 0 Å². The molecule has 0 spiro atoms. The van der Waals surface area contributed by atoms with Gasteiger partial charge in [-0.05, 0) is 25.0 Å². The van der Waals surface area contributed by atoms with Crippen molar-refractivity contribution in [2.24, 2.45) is 4.99 Å². The Morgan fingerprint density at radius 3 is 2.81 bits per heavy atom. The number of amides is 2. The van der Waals surface area contributed by atoms with Gasteiger partial charge in [-0.3, -0.25) is 14.6 Å². The predicted octanol–water partition coefficient (Wildman–Crippen LogP) is 2.01. The van der Waals surface area contributed by atoms with Crippen LogP contribution in [0, 0.1) is 0 Å². The minimum absolute atomic E-state index is 0.0205. The number of aromatic nitrogens is 2. The van der Waals surface area contributed by atoms with E-state index in [1.807, 2.05) is 0 Å². The van der Waals surface area contributed by atoms with Crippen molar-refractivity contribution in [1.82, 2.24) is 15.3 Å². The van der Waals surface area contributed by atoms with Crippen molar-refractivity contribution in [3.63, 3.8) is 0 Å². The summed E-state index contributed by atoms with van der Waals surface area (Å²) < 4.78 is 11.2. The smallest absolute Gasteiger partial charge is 0.238 e. The molecule has 0 saturated carbocycles. The highest BCUT2D eigenvalue weighted by Gasteiger charge is 2.33. The lowest BCUT2D eigenvalue weighted by Gasteiger charge is -2.13. The van der Waals surface area contributed by atoms with E-state index in [2.05, 4.69) is 30.9 Å². The van der Waals surface area contributed by atoms with E-state index in [9.17, 15) is 9.59 Å². The summed E-state index contributed by atoms with van der Waals surface area (Å²) in [7, 11) is 1.56. The maximum Gasteiger partial charge on any atom is 0.238 e. The highest BCUT2D eigenvalue weighted by molar-refractivity contribution is 6.13. The Hall–Kier alpha value is -3.69. The Morgan fingerprint density at radius 2 is 1.94 bits per heavy atom. The van der Waals surface area contributed by atoms with Crippen LogP contribution in [0.1, 0.15) is 30.7 Å². The molecule has 2 aromatic rings. The number of carbonyl (C=O) groups is 2. The largest absolute Gasteiger partial charge is 0.493 e. The lowest BCUT2D eigenvalue weighted by Crippen LogP contribution is -2.26. The van der Waals surface area contributed by atoms with Gasteiger partial charge in [-0.2, -0.15) is 0 Å². The van der Waals surface area contributed by atoms with Gasteiger partial charge in [-0.15, -0.1) is 0 Å². The molecule has 1 atom stereocenters. The summed E-state index contributed by atoms with van der Waals surface area (Å²) in [5.41, 5.74) is 1.27. The summed E-state index contributed by atoms with van der Waals surface area (Å²) >= 11 is 0. The van der Waals surface area contributed by atoms with E-state index >= 15 is 0 Å². The van der Waals surface area contributed by atoms with E-state index in [-0.39, 0.29) is 11.8 Å². The summed E-state index contributed by atoms with van der Waals surface area (Å²) in [5, 5.41) is 8.92. The number of fused-ring (bicyclic) bond motifs is 2. The molecule has 2 bridgehead atoms.